The Morgan fingerprint density at radius 2 is 1.33 bits per heavy atom. The number of nitrogens with one attached hydrogen (secondary N) is 2. The third-order valence-electron chi connectivity index (χ3n) is 4.83. The fourth-order valence-corrected chi connectivity index (χ4v) is 4.25. The van der Waals surface area contributed by atoms with Gasteiger partial charge in [-0.05, 0) is 54.1 Å². The average Bonchev–Trinajstić information content (AvgIpc) is 2.85. The second-order valence-electron chi connectivity index (χ2n) is 7.22. The van der Waals surface area contributed by atoms with E-state index in [2.05, 4.69) is 10.0 Å². The zero-order chi connectivity index (χ0) is 23.1. The smallest absolute Gasteiger partial charge is 0.261 e. The summed E-state index contributed by atoms with van der Waals surface area (Å²) in [6.07, 6.45) is 0. The van der Waals surface area contributed by atoms with Crippen LogP contribution < -0.4 is 14.8 Å². The summed E-state index contributed by atoms with van der Waals surface area (Å²) in [5, 5.41) is 2.80. The Bertz CT molecular complexity index is 1320. The molecule has 0 aliphatic rings. The molecule has 0 fully saturated rings. The maximum atomic E-state index is 12.9. The molecule has 6 nitrogen and oxygen atoms in total. The van der Waals surface area contributed by atoms with Crippen LogP contribution in [-0.2, 0) is 16.6 Å². The van der Waals surface area contributed by atoms with Crippen molar-refractivity contribution in [2.75, 3.05) is 10.0 Å². The van der Waals surface area contributed by atoms with Gasteiger partial charge in [-0.1, -0.05) is 60.7 Å². The minimum atomic E-state index is -3.82. The van der Waals surface area contributed by atoms with Crippen molar-refractivity contribution in [2.24, 2.45) is 0 Å². The van der Waals surface area contributed by atoms with Crippen LogP contribution in [0, 0.1) is 0 Å². The maximum absolute atomic E-state index is 12.9. The van der Waals surface area contributed by atoms with E-state index in [1.165, 1.54) is 12.1 Å². The summed E-state index contributed by atoms with van der Waals surface area (Å²) in [5.41, 5.74) is 2.03. The van der Waals surface area contributed by atoms with E-state index in [9.17, 15) is 13.2 Å². The van der Waals surface area contributed by atoms with Crippen LogP contribution in [0.15, 0.2) is 114 Å². The molecule has 0 bridgehead atoms. The number of sulfonamides is 1. The first-order chi connectivity index (χ1) is 16.0. The molecule has 4 aromatic rings. The monoisotopic (exact) mass is 458 g/mol. The van der Waals surface area contributed by atoms with Crippen LogP contribution in [0.2, 0.25) is 0 Å². The Hall–Kier alpha value is -4.10. The second-order valence-corrected chi connectivity index (χ2v) is 8.90. The third kappa shape index (κ3) is 5.78. The Morgan fingerprint density at radius 1 is 0.727 bits per heavy atom. The lowest BCUT2D eigenvalue weighted by Crippen LogP contribution is -2.18. The van der Waals surface area contributed by atoms with E-state index in [1.807, 2.05) is 30.3 Å². The van der Waals surface area contributed by atoms with Gasteiger partial charge in [-0.15, -0.1) is 0 Å². The fraction of sp³-hybridized carbons (Fsp3) is 0.0385. The van der Waals surface area contributed by atoms with Crippen molar-refractivity contribution in [3.63, 3.8) is 0 Å². The maximum Gasteiger partial charge on any atom is 0.261 e. The number of carbonyl (C=O) groups is 1. The van der Waals surface area contributed by atoms with Crippen molar-refractivity contribution in [1.29, 1.82) is 0 Å². The molecule has 0 atom stereocenters. The van der Waals surface area contributed by atoms with Crippen molar-refractivity contribution in [2.45, 2.75) is 11.5 Å². The summed E-state index contributed by atoms with van der Waals surface area (Å²) in [7, 11) is -3.82. The zero-order valence-electron chi connectivity index (χ0n) is 17.6. The number of hydrogen-bond acceptors (Lipinski definition) is 4. The molecule has 0 heterocycles. The molecule has 1 amide bonds. The Labute approximate surface area is 192 Å². The molecule has 4 aromatic carbocycles. The lowest BCUT2D eigenvalue weighted by molar-refractivity contribution is 0.102. The molecule has 7 heteroatoms. The highest BCUT2D eigenvalue weighted by Crippen LogP contribution is 2.22. The molecule has 33 heavy (non-hydrogen) atoms. The van der Waals surface area contributed by atoms with Crippen LogP contribution in [0.4, 0.5) is 11.4 Å². The van der Waals surface area contributed by atoms with E-state index in [0.717, 1.165) is 5.56 Å². The van der Waals surface area contributed by atoms with Crippen molar-refractivity contribution >= 4 is 27.3 Å². The van der Waals surface area contributed by atoms with Gasteiger partial charge in [0.15, 0.2) is 0 Å². The topological polar surface area (TPSA) is 84.5 Å². The van der Waals surface area contributed by atoms with Crippen molar-refractivity contribution in [3.05, 3.63) is 120 Å². The number of rotatable bonds is 8. The molecule has 0 aliphatic heterocycles. The largest absolute Gasteiger partial charge is 0.489 e. The summed E-state index contributed by atoms with van der Waals surface area (Å²) in [4.78, 5) is 13.0. The zero-order valence-corrected chi connectivity index (χ0v) is 18.5. The number of amides is 1. The molecule has 2 N–H and O–H groups in total. The van der Waals surface area contributed by atoms with Crippen LogP contribution in [0.1, 0.15) is 15.9 Å². The first kappa shape index (κ1) is 22.1. The van der Waals surface area contributed by atoms with E-state index >= 15 is 0 Å². The van der Waals surface area contributed by atoms with Crippen LogP contribution >= 0.6 is 0 Å². The average molecular weight is 459 g/mol. The quantitative estimate of drug-likeness (QED) is 0.374. The van der Waals surface area contributed by atoms with E-state index in [1.54, 1.807) is 66.7 Å². The molecule has 4 rings (SSSR count). The van der Waals surface area contributed by atoms with E-state index in [-0.39, 0.29) is 16.1 Å². The summed E-state index contributed by atoms with van der Waals surface area (Å²) >= 11 is 0. The van der Waals surface area contributed by atoms with Crippen LogP contribution in [0.3, 0.4) is 0 Å². The van der Waals surface area contributed by atoms with Gasteiger partial charge in [0.25, 0.3) is 15.9 Å². The summed E-state index contributed by atoms with van der Waals surface area (Å²) < 4.78 is 33.6. The van der Waals surface area contributed by atoms with E-state index in [4.69, 9.17) is 4.74 Å². The van der Waals surface area contributed by atoms with Gasteiger partial charge in [0.2, 0.25) is 0 Å². The fourth-order valence-electron chi connectivity index (χ4n) is 3.15. The molecule has 0 saturated carbocycles. The van der Waals surface area contributed by atoms with E-state index < -0.39 is 15.9 Å². The molecular weight excluding hydrogens is 436 g/mol. The number of carbonyl (C=O) groups excluding carboxylic acids is 1. The van der Waals surface area contributed by atoms with E-state index in [0.29, 0.717) is 18.0 Å². The number of hydrogen-bond donors (Lipinski definition) is 2. The molecule has 0 unspecified atom stereocenters. The number of ether oxygens (including phenoxy) is 1. The standard InChI is InChI=1S/C26H22N2O4S/c29-26(27-21-15-17-22(18-16-21)32-19-20-9-3-1-4-10-20)24-13-7-8-14-25(24)28-33(30,31)23-11-5-2-6-12-23/h1-18,28H,19H2,(H,27,29). The lowest BCUT2D eigenvalue weighted by Gasteiger charge is -2.13. The summed E-state index contributed by atoms with van der Waals surface area (Å²) in [5.74, 6) is 0.243. The molecule has 0 radical (unpaired) electrons. The third-order valence-corrected chi connectivity index (χ3v) is 6.21. The van der Waals surface area contributed by atoms with Gasteiger partial charge in [-0.2, -0.15) is 0 Å². The minimum Gasteiger partial charge on any atom is -0.489 e. The van der Waals surface area contributed by atoms with Gasteiger partial charge in [-0.3, -0.25) is 9.52 Å². The van der Waals surface area contributed by atoms with Gasteiger partial charge in [-0.25, -0.2) is 8.42 Å². The summed E-state index contributed by atoms with van der Waals surface area (Å²) in [6, 6.07) is 31.3. The minimum absolute atomic E-state index is 0.117. The Balaban J connectivity index is 1.44. The van der Waals surface area contributed by atoms with Gasteiger partial charge < -0.3 is 10.1 Å². The predicted octanol–water partition coefficient (Wildman–Crippen LogP) is 5.32. The first-order valence-corrected chi connectivity index (χ1v) is 11.7. The number of anilines is 2. The molecule has 0 aromatic heterocycles. The van der Waals surface area contributed by atoms with Gasteiger partial charge in [0, 0.05) is 5.69 Å². The van der Waals surface area contributed by atoms with Gasteiger partial charge in [0.05, 0.1) is 16.1 Å². The van der Waals surface area contributed by atoms with Crippen molar-refractivity contribution in [1.82, 2.24) is 0 Å². The van der Waals surface area contributed by atoms with Gasteiger partial charge in [0.1, 0.15) is 12.4 Å². The molecule has 166 valence electrons. The SMILES string of the molecule is O=C(Nc1ccc(OCc2ccccc2)cc1)c1ccccc1NS(=O)(=O)c1ccccc1. The second kappa shape index (κ2) is 10.0. The summed E-state index contributed by atoms with van der Waals surface area (Å²) in [6.45, 7) is 0.446. The number of para-hydroxylation sites is 1. The van der Waals surface area contributed by atoms with Crippen LogP contribution in [0.5, 0.6) is 5.75 Å². The molecule has 0 spiro atoms. The lowest BCUT2D eigenvalue weighted by atomic mass is 10.1. The molecule has 0 aliphatic carbocycles. The van der Waals surface area contributed by atoms with Crippen LogP contribution in [0.25, 0.3) is 0 Å². The van der Waals surface area contributed by atoms with Crippen LogP contribution in [-0.4, -0.2) is 14.3 Å². The van der Waals surface area contributed by atoms with Crippen molar-refractivity contribution < 1.29 is 17.9 Å². The first-order valence-electron chi connectivity index (χ1n) is 10.3. The number of benzene rings is 4. The Morgan fingerprint density at radius 3 is 2.03 bits per heavy atom. The highest BCUT2D eigenvalue weighted by atomic mass is 32.2. The highest BCUT2D eigenvalue weighted by Gasteiger charge is 2.18. The normalized spacial score (nSPS) is 10.9. The van der Waals surface area contributed by atoms with Gasteiger partial charge >= 0.3 is 0 Å². The molecular formula is C26H22N2O4S. The van der Waals surface area contributed by atoms with Crippen molar-refractivity contribution in [3.8, 4) is 5.75 Å². The highest BCUT2D eigenvalue weighted by molar-refractivity contribution is 7.92. The molecule has 0 saturated heterocycles. The Kier molecular flexibility index (Phi) is 6.71. The predicted molar refractivity (Wildman–Crippen MR) is 129 cm³/mol.